The summed E-state index contributed by atoms with van der Waals surface area (Å²) >= 11 is 0. The quantitative estimate of drug-likeness (QED) is 0.0209. The standard InChI is InChI=1S/C43H77NO7/c1-6-8-10-12-14-16-18-19-20-21-22-24-26-28-30-32-34-42(46)51-39(37-49-36-35-40(43(47)48)44(3,4)5)38-50-41(45)33-31-29-27-25-23-17-15-13-11-9-7-2/h13,15,17,20-21,23,39-40H,6-12,14,16,18-19,22,24-38H2,1-5H3/b15-13+,21-20+,23-17+. The number of likely N-dealkylation sites (N-methyl/N-ethyl adjacent to an activating group) is 1. The molecule has 0 bridgehead atoms. The third kappa shape index (κ3) is 33.2. The topological polar surface area (TPSA) is 102 Å². The average molecular weight is 720 g/mol. The van der Waals surface area contributed by atoms with Gasteiger partial charge in [0.05, 0.1) is 40.3 Å². The second-order valence-electron chi connectivity index (χ2n) is 14.9. The monoisotopic (exact) mass is 720 g/mol. The first kappa shape index (κ1) is 48.5. The molecule has 0 aromatic heterocycles. The number of esters is 2. The fourth-order valence-electron chi connectivity index (χ4n) is 5.75. The van der Waals surface area contributed by atoms with Crippen LogP contribution in [0.2, 0.25) is 0 Å². The fraction of sp³-hybridized carbons (Fsp3) is 0.791. The lowest BCUT2D eigenvalue weighted by Crippen LogP contribution is -2.55. The van der Waals surface area contributed by atoms with E-state index in [1.54, 1.807) is 21.1 Å². The second-order valence-corrected chi connectivity index (χ2v) is 14.9. The lowest BCUT2D eigenvalue weighted by molar-refractivity contribution is -0.889. The Morgan fingerprint density at radius 2 is 1.06 bits per heavy atom. The number of quaternary nitrogens is 1. The Hall–Kier alpha value is -2.45. The number of unbranched alkanes of at least 4 members (excludes halogenated alkanes) is 17. The van der Waals surface area contributed by atoms with Gasteiger partial charge in [-0.25, -0.2) is 0 Å². The van der Waals surface area contributed by atoms with Crippen LogP contribution >= 0.6 is 0 Å². The van der Waals surface area contributed by atoms with Crippen molar-refractivity contribution in [3.8, 4) is 0 Å². The molecule has 8 nitrogen and oxygen atoms in total. The number of aliphatic carboxylic acids is 1. The van der Waals surface area contributed by atoms with Gasteiger partial charge in [0.25, 0.3) is 0 Å². The number of carbonyl (C=O) groups is 3. The van der Waals surface area contributed by atoms with Gasteiger partial charge >= 0.3 is 11.9 Å². The minimum absolute atomic E-state index is 0.0294. The molecule has 0 saturated carbocycles. The zero-order valence-corrected chi connectivity index (χ0v) is 33.5. The fourth-order valence-corrected chi connectivity index (χ4v) is 5.75. The third-order valence-corrected chi connectivity index (χ3v) is 9.03. The molecule has 0 radical (unpaired) electrons. The molecule has 0 rings (SSSR count). The van der Waals surface area contributed by atoms with Gasteiger partial charge in [0, 0.05) is 19.3 Å². The lowest BCUT2D eigenvalue weighted by atomic mass is 10.1. The first-order valence-corrected chi connectivity index (χ1v) is 20.5. The smallest absolute Gasteiger partial charge is 0.306 e. The molecule has 51 heavy (non-hydrogen) atoms. The van der Waals surface area contributed by atoms with Crippen molar-refractivity contribution in [3.63, 3.8) is 0 Å². The number of allylic oxidation sites excluding steroid dienone is 6. The Bertz CT molecular complexity index is 937. The number of carbonyl (C=O) groups excluding carboxylic acids is 3. The summed E-state index contributed by atoms with van der Waals surface area (Å²) in [6.45, 7) is 4.56. The van der Waals surface area contributed by atoms with Gasteiger partial charge in [-0.1, -0.05) is 127 Å². The van der Waals surface area contributed by atoms with Crippen LogP contribution in [-0.4, -0.2) is 75.5 Å². The van der Waals surface area contributed by atoms with Gasteiger partial charge < -0.3 is 28.6 Å². The summed E-state index contributed by atoms with van der Waals surface area (Å²) in [4.78, 5) is 36.7. The highest BCUT2D eigenvalue weighted by Crippen LogP contribution is 2.13. The number of hydrogen-bond donors (Lipinski definition) is 0. The Labute approximate surface area is 313 Å². The number of nitrogens with zero attached hydrogens (tertiary/aromatic N) is 1. The number of carboxylic acid groups (broad SMARTS) is 1. The van der Waals surface area contributed by atoms with Crippen LogP contribution in [0.25, 0.3) is 0 Å². The minimum atomic E-state index is -1.13. The van der Waals surface area contributed by atoms with Crippen LogP contribution in [0.1, 0.15) is 168 Å². The van der Waals surface area contributed by atoms with Gasteiger partial charge in [-0.05, 0) is 57.8 Å². The maximum absolute atomic E-state index is 12.7. The van der Waals surface area contributed by atoms with E-state index in [-0.39, 0.29) is 42.7 Å². The first-order valence-electron chi connectivity index (χ1n) is 20.5. The van der Waals surface area contributed by atoms with Crippen molar-refractivity contribution in [1.29, 1.82) is 0 Å². The van der Waals surface area contributed by atoms with Crippen LogP contribution in [0.15, 0.2) is 36.5 Å². The molecule has 0 saturated heterocycles. The predicted octanol–water partition coefficient (Wildman–Crippen LogP) is 9.35. The van der Waals surface area contributed by atoms with Crippen molar-refractivity contribution >= 4 is 17.9 Å². The molecule has 0 aromatic carbocycles. The van der Waals surface area contributed by atoms with Crippen LogP contribution in [0.4, 0.5) is 0 Å². The van der Waals surface area contributed by atoms with E-state index in [1.165, 1.54) is 70.6 Å². The van der Waals surface area contributed by atoms with Crippen molar-refractivity contribution in [1.82, 2.24) is 0 Å². The van der Waals surface area contributed by atoms with Crippen molar-refractivity contribution < 1.29 is 38.2 Å². The molecule has 0 spiro atoms. The van der Waals surface area contributed by atoms with Gasteiger partial charge in [-0.15, -0.1) is 0 Å². The third-order valence-electron chi connectivity index (χ3n) is 9.03. The molecule has 0 aromatic rings. The average Bonchev–Trinajstić information content (AvgIpc) is 3.08. The lowest BCUT2D eigenvalue weighted by Gasteiger charge is -2.34. The molecule has 0 N–H and O–H groups in total. The Kier molecular flexibility index (Phi) is 33.0. The van der Waals surface area contributed by atoms with E-state index in [1.807, 2.05) is 0 Å². The van der Waals surface area contributed by atoms with Gasteiger partial charge in [0.2, 0.25) is 0 Å². The SMILES string of the molecule is CCCC/C=C/C=C/CCCCCC(=O)OCC(COCCC(C(=O)[O-])[N+](C)(C)C)OC(=O)CCCCCCC/C=C/CCCCCCCCC. The first-order chi connectivity index (χ1) is 24.6. The summed E-state index contributed by atoms with van der Waals surface area (Å²) in [6.07, 6.45) is 37.4. The van der Waals surface area contributed by atoms with Crippen LogP contribution < -0.4 is 5.11 Å². The number of rotatable bonds is 36. The Balaban J connectivity index is 4.42. The van der Waals surface area contributed by atoms with Gasteiger partial charge in [-0.3, -0.25) is 9.59 Å². The van der Waals surface area contributed by atoms with E-state index >= 15 is 0 Å². The molecule has 296 valence electrons. The van der Waals surface area contributed by atoms with Crippen LogP contribution in [0, 0.1) is 0 Å². The van der Waals surface area contributed by atoms with E-state index in [9.17, 15) is 19.5 Å². The molecule has 2 atom stereocenters. The maximum Gasteiger partial charge on any atom is 0.306 e. The van der Waals surface area contributed by atoms with E-state index in [0.29, 0.717) is 12.8 Å². The molecule has 0 amide bonds. The summed E-state index contributed by atoms with van der Waals surface area (Å²) < 4.78 is 17.1. The number of ether oxygens (including phenoxy) is 3. The van der Waals surface area contributed by atoms with E-state index < -0.39 is 18.1 Å². The van der Waals surface area contributed by atoms with Gasteiger partial charge in [-0.2, -0.15) is 0 Å². The zero-order chi connectivity index (χ0) is 37.8. The summed E-state index contributed by atoms with van der Waals surface area (Å²) in [7, 11) is 5.39. The zero-order valence-electron chi connectivity index (χ0n) is 33.5. The highest BCUT2D eigenvalue weighted by atomic mass is 16.6. The number of carboxylic acids is 1. The highest BCUT2D eigenvalue weighted by Gasteiger charge is 2.25. The molecule has 0 heterocycles. The van der Waals surface area contributed by atoms with E-state index in [2.05, 4.69) is 50.3 Å². The van der Waals surface area contributed by atoms with Gasteiger partial charge in [0.1, 0.15) is 12.6 Å². The molecule has 0 fully saturated rings. The minimum Gasteiger partial charge on any atom is -0.544 e. The molecule has 8 heteroatoms. The summed E-state index contributed by atoms with van der Waals surface area (Å²) in [5.74, 6) is -1.78. The van der Waals surface area contributed by atoms with Crippen molar-refractivity contribution in [3.05, 3.63) is 36.5 Å². The normalized spacial score (nSPS) is 13.4. The van der Waals surface area contributed by atoms with Crippen molar-refractivity contribution in [2.75, 3.05) is 41.0 Å². The largest absolute Gasteiger partial charge is 0.544 e. The maximum atomic E-state index is 12.7. The summed E-state index contributed by atoms with van der Waals surface area (Å²) in [5.41, 5.74) is 0. The molecular weight excluding hydrogens is 642 g/mol. The van der Waals surface area contributed by atoms with Crippen LogP contribution in [-0.2, 0) is 28.6 Å². The number of hydrogen-bond acceptors (Lipinski definition) is 7. The Morgan fingerprint density at radius 1 is 0.588 bits per heavy atom. The molecular formula is C43H77NO7. The highest BCUT2D eigenvalue weighted by molar-refractivity contribution is 5.70. The van der Waals surface area contributed by atoms with E-state index in [0.717, 1.165) is 64.2 Å². The summed E-state index contributed by atoms with van der Waals surface area (Å²) in [5, 5.41) is 11.6. The van der Waals surface area contributed by atoms with E-state index in [4.69, 9.17) is 14.2 Å². The molecule has 0 aliphatic heterocycles. The molecule has 0 aliphatic carbocycles. The molecule has 0 aliphatic rings. The van der Waals surface area contributed by atoms with Crippen LogP contribution in [0.3, 0.4) is 0 Å². The molecule has 2 unspecified atom stereocenters. The summed E-state index contributed by atoms with van der Waals surface area (Å²) in [6, 6.07) is -0.729. The predicted molar refractivity (Wildman–Crippen MR) is 208 cm³/mol. The Morgan fingerprint density at radius 3 is 1.61 bits per heavy atom. The van der Waals surface area contributed by atoms with Crippen LogP contribution in [0.5, 0.6) is 0 Å². The van der Waals surface area contributed by atoms with Crippen molar-refractivity contribution in [2.24, 2.45) is 0 Å². The van der Waals surface area contributed by atoms with Gasteiger partial charge in [0.15, 0.2) is 6.10 Å². The van der Waals surface area contributed by atoms with Crippen molar-refractivity contribution in [2.45, 2.75) is 180 Å². The second kappa shape index (κ2) is 34.6.